The van der Waals surface area contributed by atoms with Gasteiger partial charge < -0.3 is 15.0 Å². The molecule has 1 saturated heterocycles. The van der Waals surface area contributed by atoms with Gasteiger partial charge in [0, 0.05) is 31.9 Å². The molecule has 1 aromatic heterocycles. The second-order valence-electron chi connectivity index (χ2n) is 9.18. The predicted molar refractivity (Wildman–Crippen MR) is 131 cm³/mol. The summed E-state index contributed by atoms with van der Waals surface area (Å²) in [6.45, 7) is 1.28. The van der Waals surface area contributed by atoms with Gasteiger partial charge in [0.1, 0.15) is 11.6 Å². The minimum atomic E-state index is -0.672. The summed E-state index contributed by atoms with van der Waals surface area (Å²) in [6.07, 6.45) is 2.69. The predicted octanol–water partition coefficient (Wildman–Crippen LogP) is 4.43. The first kappa shape index (κ1) is 23.2. The lowest BCUT2D eigenvalue weighted by Crippen LogP contribution is -2.51. The summed E-state index contributed by atoms with van der Waals surface area (Å²) >= 11 is 6.49. The summed E-state index contributed by atoms with van der Waals surface area (Å²) in [6, 6.07) is 14.2. The molecule has 9 heteroatoms. The van der Waals surface area contributed by atoms with Crippen LogP contribution in [0.4, 0.5) is 10.1 Å². The number of likely N-dealkylation sites (tertiary alicyclic amines) is 1. The molecule has 35 heavy (non-hydrogen) atoms. The molecule has 3 aromatic rings. The van der Waals surface area contributed by atoms with Gasteiger partial charge in [-0.25, -0.2) is 4.39 Å². The molecule has 2 aliphatic heterocycles. The molecule has 1 fully saturated rings. The minimum absolute atomic E-state index is 0.103. The van der Waals surface area contributed by atoms with Crippen molar-refractivity contribution in [3.05, 3.63) is 65.1 Å². The molecule has 3 heterocycles. The van der Waals surface area contributed by atoms with Gasteiger partial charge in [0.05, 0.1) is 34.4 Å². The first-order valence-corrected chi connectivity index (χ1v) is 11.9. The lowest BCUT2D eigenvalue weighted by molar-refractivity contribution is -0.140. The topological polar surface area (TPSA) is 83.2 Å². The summed E-state index contributed by atoms with van der Waals surface area (Å²) < 4.78 is 21.1. The number of carbonyl (C=O) groups is 1. The van der Waals surface area contributed by atoms with Crippen molar-refractivity contribution in [3.8, 4) is 23.1 Å². The lowest BCUT2D eigenvalue weighted by atomic mass is 9.75. The third-order valence-electron chi connectivity index (χ3n) is 6.91. The molecule has 5 rings (SSSR count). The van der Waals surface area contributed by atoms with E-state index in [0.717, 1.165) is 22.5 Å². The van der Waals surface area contributed by atoms with Crippen molar-refractivity contribution >= 4 is 23.2 Å². The van der Waals surface area contributed by atoms with E-state index in [2.05, 4.69) is 16.5 Å². The van der Waals surface area contributed by atoms with Crippen LogP contribution in [0.5, 0.6) is 5.75 Å². The highest BCUT2D eigenvalue weighted by Gasteiger charge is 2.39. The van der Waals surface area contributed by atoms with E-state index < -0.39 is 11.5 Å². The maximum atomic E-state index is 13.3. The lowest BCUT2D eigenvalue weighted by Gasteiger charge is -2.39. The summed E-state index contributed by atoms with van der Waals surface area (Å²) in [5, 5.41) is 17.9. The van der Waals surface area contributed by atoms with E-state index >= 15 is 0 Å². The monoisotopic (exact) mass is 493 g/mol. The van der Waals surface area contributed by atoms with Crippen LogP contribution in [0.25, 0.3) is 11.3 Å². The fourth-order valence-electron chi connectivity index (χ4n) is 4.84. The summed E-state index contributed by atoms with van der Waals surface area (Å²) in [7, 11) is 1.84. The Kier molecular flexibility index (Phi) is 6.12. The zero-order chi connectivity index (χ0) is 24.6. The smallest absolute Gasteiger partial charge is 0.265 e. The first-order chi connectivity index (χ1) is 16.9. The number of nitrogens with one attached hydrogen (secondary N) is 1. The number of anilines is 1. The molecular weight excluding hydrogens is 469 g/mol. The van der Waals surface area contributed by atoms with Gasteiger partial charge in [-0.15, -0.1) is 0 Å². The van der Waals surface area contributed by atoms with E-state index in [1.54, 1.807) is 34.0 Å². The van der Waals surface area contributed by atoms with Gasteiger partial charge >= 0.3 is 0 Å². The van der Waals surface area contributed by atoms with Crippen LogP contribution in [-0.4, -0.2) is 46.3 Å². The summed E-state index contributed by atoms with van der Waals surface area (Å²) in [5.74, 6) is 0.168. The Morgan fingerprint density at radius 2 is 2.03 bits per heavy atom. The number of benzene rings is 2. The van der Waals surface area contributed by atoms with Crippen LogP contribution in [-0.2, 0) is 18.3 Å². The van der Waals surface area contributed by atoms with Gasteiger partial charge in [-0.2, -0.15) is 10.4 Å². The number of nitriles is 1. The van der Waals surface area contributed by atoms with Gasteiger partial charge in [-0.05, 0) is 55.2 Å². The number of aryl methyl sites for hydroxylation is 1. The maximum absolute atomic E-state index is 13.3. The number of fused-ring (bicyclic) bond motifs is 1. The Morgan fingerprint density at radius 3 is 2.69 bits per heavy atom. The molecule has 0 aliphatic carbocycles. The fraction of sp³-hybridized carbons (Fsp3) is 0.346. The van der Waals surface area contributed by atoms with Crippen molar-refractivity contribution in [3.63, 3.8) is 0 Å². The van der Waals surface area contributed by atoms with Gasteiger partial charge in [-0.1, -0.05) is 23.7 Å². The van der Waals surface area contributed by atoms with Crippen LogP contribution in [0, 0.1) is 22.6 Å². The number of piperidine rings is 1. The third-order valence-corrected chi connectivity index (χ3v) is 7.23. The second-order valence-corrected chi connectivity index (χ2v) is 9.58. The normalized spacial score (nSPS) is 18.7. The van der Waals surface area contributed by atoms with Gasteiger partial charge in [-0.3, -0.25) is 9.48 Å². The molecule has 2 aromatic carbocycles. The van der Waals surface area contributed by atoms with Crippen LogP contribution in [0.15, 0.2) is 48.7 Å². The number of halogens is 2. The van der Waals surface area contributed by atoms with Crippen LogP contribution >= 0.6 is 11.6 Å². The van der Waals surface area contributed by atoms with E-state index in [-0.39, 0.29) is 11.7 Å². The van der Waals surface area contributed by atoms with E-state index in [0.29, 0.717) is 49.7 Å². The number of hydrogen-bond acceptors (Lipinski definition) is 5. The number of amides is 1. The Bertz CT molecular complexity index is 1290. The molecule has 0 saturated carbocycles. The van der Waals surface area contributed by atoms with Gasteiger partial charge in [0.15, 0.2) is 6.10 Å². The Balaban J connectivity index is 1.26. The fourth-order valence-corrected chi connectivity index (χ4v) is 5.10. The molecule has 1 amide bonds. The van der Waals surface area contributed by atoms with Crippen molar-refractivity contribution in [2.75, 3.05) is 25.0 Å². The van der Waals surface area contributed by atoms with Crippen molar-refractivity contribution in [1.29, 1.82) is 5.26 Å². The molecule has 1 unspecified atom stereocenters. The zero-order valence-electron chi connectivity index (χ0n) is 19.3. The van der Waals surface area contributed by atoms with Crippen LogP contribution in [0.3, 0.4) is 0 Å². The third kappa shape index (κ3) is 4.56. The molecule has 0 bridgehead atoms. The van der Waals surface area contributed by atoms with E-state index in [4.69, 9.17) is 16.3 Å². The SMILES string of the molecule is Cn1nccc1-c1cc2c(cc1Cl)NCC(C(=O)N1CCC(C#N)(Cc3ccc(F)cc3)CC1)O2. The average Bonchev–Trinajstić information content (AvgIpc) is 3.30. The molecule has 0 radical (unpaired) electrons. The quantitative estimate of drug-likeness (QED) is 0.581. The second kappa shape index (κ2) is 9.23. The van der Waals surface area contributed by atoms with E-state index in [1.165, 1.54) is 12.1 Å². The highest BCUT2D eigenvalue weighted by atomic mass is 35.5. The van der Waals surface area contributed by atoms with Gasteiger partial charge in [0.25, 0.3) is 5.91 Å². The van der Waals surface area contributed by atoms with Crippen LogP contribution in [0.2, 0.25) is 5.02 Å². The van der Waals surface area contributed by atoms with E-state index in [1.807, 2.05) is 19.2 Å². The van der Waals surface area contributed by atoms with Crippen molar-refractivity contribution in [1.82, 2.24) is 14.7 Å². The summed E-state index contributed by atoms with van der Waals surface area (Å²) in [4.78, 5) is 15.1. The van der Waals surface area contributed by atoms with Crippen molar-refractivity contribution < 1.29 is 13.9 Å². The molecule has 180 valence electrons. The number of nitrogens with zero attached hydrogens (tertiary/aromatic N) is 4. The summed E-state index contributed by atoms with van der Waals surface area (Å²) in [5.41, 5.74) is 2.72. The first-order valence-electron chi connectivity index (χ1n) is 11.5. The van der Waals surface area contributed by atoms with Crippen molar-refractivity contribution in [2.45, 2.75) is 25.4 Å². The Hall–Kier alpha value is -3.57. The number of carbonyl (C=O) groups excluding carboxylic acids is 1. The zero-order valence-corrected chi connectivity index (χ0v) is 20.1. The number of rotatable bonds is 4. The van der Waals surface area contributed by atoms with Crippen molar-refractivity contribution in [2.24, 2.45) is 12.5 Å². The standard InChI is InChI=1S/C26H25ClFN5O2/c1-32-22(6-9-31-32)19-12-23-21(13-20(19)27)30-15-24(35-23)25(34)33-10-7-26(16-29,8-11-33)14-17-2-4-18(28)5-3-17/h2-6,9,12-13,24,30H,7-8,10-11,14-15H2,1H3. The highest BCUT2D eigenvalue weighted by molar-refractivity contribution is 6.33. The largest absolute Gasteiger partial charge is 0.477 e. The highest BCUT2D eigenvalue weighted by Crippen LogP contribution is 2.40. The average molecular weight is 494 g/mol. The molecule has 1 N–H and O–H groups in total. The molecule has 2 aliphatic rings. The molecule has 1 atom stereocenters. The number of aromatic nitrogens is 2. The molecular formula is C26H25ClFN5O2. The molecule has 0 spiro atoms. The minimum Gasteiger partial charge on any atom is -0.477 e. The van der Waals surface area contributed by atoms with Gasteiger partial charge in [0.2, 0.25) is 0 Å². The molecule has 7 nitrogen and oxygen atoms in total. The van der Waals surface area contributed by atoms with Crippen LogP contribution in [0.1, 0.15) is 18.4 Å². The maximum Gasteiger partial charge on any atom is 0.265 e. The number of ether oxygens (including phenoxy) is 1. The Morgan fingerprint density at radius 1 is 1.29 bits per heavy atom. The Labute approximate surface area is 208 Å². The van der Waals surface area contributed by atoms with E-state index in [9.17, 15) is 14.4 Å². The van der Waals surface area contributed by atoms with Crippen LogP contribution < -0.4 is 10.1 Å². The number of hydrogen-bond donors (Lipinski definition) is 1.